The number of nitrogens with zero attached hydrogens (tertiary/aromatic N) is 1. The third kappa shape index (κ3) is 2.86. The first-order chi connectivity index (χ1) is 9.56. The fourth-order valence-electron chi connectivity index (χ4n) is 1.69. The first-order valence-electron chi connectivity index (χ1n) is 5.45. The maximum Gasteiger partial charge on any atom is 0.387 e. The summed E-state index contributed by atoms with van der Waals surface area (Å²) in [5.41, 5.74) is 0.405. The molecule has 8 heteroatoms. The number of aromatic nitrogens is 1. The van der Waals surface area contributed by atoms with Gasteiger partial charge < -0.3 is 14.6 Å². The van der Waals surface area contributed by atoms with Crippen molar-refractivity contribution in [1.82, 2.24) is 4.37 Å². The van der Waals surface area contributed by atoms with Crippen LogP contribution in [-0.4, -0.2) is 23.2 Å². The smallest absolute Gasteiger partial charge is 0.387 e. The highest BCUT2D eigenvalue weighted by Crippen LogP contribution is 2.38. The summed E-state index contributed by atoms with van der Waals surface area (Å²) in [5.74, 6) is -0.884. The lowest BCUT2D eigenvalue weighted by molar-refractivity contribution is -0.0499. The number of hydrogen-bond acceptors (Lipinski definition) is 5. The molecule has 2 rings (SSSR count). The van der Waals surface area contributed by atoms with Crippen LogP contribution in [0, 0.1) is 5.82 Å². The molecule has 4 nitrogen and oxygen atoms in total. The molecule has 1 aromatic heterocycles. The number of methoxy groups -OCH3 is 1. The largest absolute Gasteiger partial charge is 0.480 e. The van der Waals surface area contributed by atoms with Crippen molar-refractivity contribution in [2.75, 3.05) is 7.11 Å². The summed E-state index contributed by atoms with van der Waals surface area (Å²) < 4.78 is 51.2. The highest BCUT2D eigenvalue weighted by Gasteiger charge is 2.20. The molecule has 1 heterocycles. The van der Waals surface area contributed by atoms with Crippen LogP contribution in [0.2, 0.25) is 0 Å². The zero-order chi connectivity index (χ0) is 14.7. The Kier molecular flexibility index (Phi) is 4.46. The molecule has 0 saturated heterocycles. The van der Waals surface area contributed by atoms with E-state index in [1.165, 1.54) is 19.2 Å². The monoisotopic (exact) mass is 305 g/mol. The van der Waals surface area contributed by atoms with E-state index in [4.69, 9.17) is 4.74 Å². The van der Waals surface area contributed by atoms with E-state index in [1.54, 1.807) is 0 Å². The molecule has 0 bridgehead atoms. The van der Waals surface area contributed by atoms with E-state index in [2.05, 4.69) is 9.11 Å². The number of rotatable bonds is 5. The van der Waals surface area contributed by atoms with Crippen LogP contribution in [0.25, 0.3) is 11.1 Å². The summed E-state index contributed by atoms with van der Waals surface area (Å²) >= 11 is 0.976. The van der Waals surface area contributed by atoms with Crippen molar-refractivity contribution in [3.05, 3.63) is 28.9 Å². The third-order valence-corrected chi connectivity index (χ3v) is 3.31. The van der Waals surface area contributed by atoms with Gasteiger partial charge in [-0.15, -0.1) is 0 Å². The minimum Gasteiger partial charge on any atom is -0.480 e. The van der Waals surface area contributed by atoms with Crippen LogP contribution >= 0.6 is 11.5 Å². The van der Waals surface area contributed by atoms with Gasteiger partial charge in [0.15, 0.2) is 0 Å². The van der Waals surface area contributed by atoms with Crippen LogP contribution in [0.5, 0.6) is 11.6 Å². The fourth-order valence-corrected chi connectivity index (χ4v) is 2.40. The molecule has 1 aromatic carbocycles. The summed E-state index contributed by atoms with van der Waals surface area (Å²) in [5, 5.41) is 9.22. The molecule has 0 saturated carbocycles. The van der Waals surface area contributed by atoms with Gasteiger partial charge in [0, 0.05) is 11.6 Å². The Labute approximate surface area is 116 Å². The van der Waals surface area contributed by atoms with Crippen LogP contribution in [-0.2, 0) is 6.61 Å². The van der Waals surface area contributed by atoms with Crippen molar-refractivity contribution in [2.24, 2.45) is 0 Å². The van der Waals surface area contributed by atoms with Crippen molar-refractivity contribution in [3.63, 3.8) is 0 Å². The maximum absolute atomic E-state index is 14.0. The molecule has 0 amide bonds. The van der Waals surface area contributed by atoms with Crippen molar-refractivity contribution >= 4 is 11.5 Å². The lowest BCUT2D eigenvalue weighted by atomic mass is 10.1. The van der Waals surface area contributed by atoms with Gasteiger partial charge in [-0.3, -0.25) is 0 Å². The van der Waals surface area contributed by atoms with E-state index in [0.717, 1.165) is 17.6 Å². The van der Waals surface area contributed by atoms with Crippen LogP contribution in [0.15, 0.2) is 18.2 Å². The zero-order valence-electron chi connectivity index (χ0n) is 10.3. The molecule has 0 spiro atoms. The van der Waals surface area contributed by atoms with Gasteiger partial charge in [0.05, 0.1) is 24.2 Å². The molecule has 1 N–H and O–H groups in total. The van der Waals surface area contributed by atoms with Crippen LogP contribution in [0.4, 0.5) is 13.2 Å². The van der Waals surface area contributed by atoms with Crippen molar-refractivity contribution < 1.29 is 27.8 Å². The SMILES string of the molecule is COc1nsc(CO)c1-c1ccc(OC(F)F)cc1F. The van der Waals surface area contributed by atoms with Crippen LogP contribution in [0.1, 0.15) is 4.88 Å². The molecule has 0 atom stereocenters. The molecule has 2 aromatic rings. The van der Waals surface area contributed by atoms with E-state index in [-0.39, 0.29) is 23.8 Å². The Morgan fingerprint density at radius 2 is 2.15 bits per heavy atom. The second kappa shape index (κ2) is 6.10. The Morgan fingerprint density at radius 1 is 1.40 bits per heavy atom. The highest BCUT2D eigenvalue weighted by atomic mass is 32.1. The maximum atomic E-state index is 14.0. The number of hydrogen-bond donors (Lipinski definition) is 1. The molecular formula is C12H10F3NO3S. The lowest BCUT2D eigenvalue weighted by Crippen LogP contribution is -2.02. The molecule has 0 aliphatic rings. The summed E-state index contributed by atoms with van der Waals surface area (Å²) in [7, 11) is 1.37. The van der Waals surface area contributed by atoms with E-state index >= 15 is 0 Å². The van der Waals surface area contributed by atoms with Gasteiger partial charge in [-0.05, 0) is 23.7 Å². The molecule has 0 aliphatic heterocycles. The number of benzene rings is 1. The Balaban J connectivity index is 2.45. The van der Waals surface area contributed by atoms with E-state index < -0.39 is 12.4 Å². The van der Waals surface area contributed by atoms with Gasteiger partial charge in [-0.25, -0.2) is 4.39 Å². The van der Waals surface area contributed by atoms with E-state index in [0.29, 0.717) is 10.4 Å². The van der Waals surface area contributed by atoms with Gasteiger partial charge in [0.1, 0.15) is 11.6 Å². The number of aliphatic hydroxyl groups is 1. The molecule has 20 heavy (non-hydrogen) atoms. The van der Waals surface area contributed by atoms with E-state index in [1.807, 2.05) is 0 Å². The van der Waals surface area contributed by atoms with Crippen molar-refractivity contribution in [2.45, 2.75) is 13.2 Å². The first kappa shape index (κ1) is 14.6. The first-order valence-corrected chi connectivity index (χ1v) is 6.22. The van der Waals surface area contributed by atoms with Gasteiger partial charge >= 0.3 is 6.61 Å². The molecule has 0 radical (unpaired) electrons. The van der Waals surface area contributed by atoms with Crippen molar-refractivity contribution in [3.8, 4) is 22.8 Å². The lowest BCUT2D eigenvalue weighted by Gasteiger charge is -2.08. The third-order valence-electron chi connectivity index (χ3n) is 2.50. The second-order valence-corrected chi connectivity index (χ2v) is 4.53. The highest BCUT2D eigenvalue weighted by molar-refractivity contribution is 7.06. The van der Waals surface area contributed by atoms with Crippen LogP contribution < -0.4 is 9.47 Å². The Bertz CT molecular complexity index is 582. The van der Waals surface area contributed by atoms with Gasteiger partial charge in [-0.2, -0.15) is 13.2 Å². The van der Waals surface area contributed by atoms with Gasteiger partial charge in [-0.1, -0.05) is 0 Å². The summed E-state index contributed by atoms with van der Waals surface area (Å²) in [6, 6.07) is 3.33. The standard InChI is InChI=1S/C12H10F3NO3S/c1-18-11-10(9(5-17)20-16-11)7-3-2-6(4-8(7)13)19-12(14)15/h2-4,12,17H,5H2,1H3. The minimum atomic E-state index is -3.02. The second-order valence-electron chi connectivity index (χ2n) is 3.67. The summed E-state index contributed by atoms with van der Waals surface area (Å²) in [6.45, 7) is -3.35. The normalized spacial score (nSPS) is 10.9. The predicted octanol–water partition coefficient (Wildman–Crippen LogP) is 3.05. The molecular weight excluding hydrogens is 295 g/mol. The fraction of sp³-hybridized carbons (Fsp3) is 0.250. The molecule has 108 valence electrons. The topological polar surface area (TPSA) is 51.6 Å². The molecule has 0 aliphatic carbocycles. The quantitative estimate of drug-likeness (QED) is 0.922. The number of aliphatic hydroxyl groups excluding tert-OH is 1. The number of halogens is 3. The average molecular weight is 305 g/mol. The van der Waals surface area contributed by atoms with E-state index in [9.17, 15) is 18.3 Å². The summed E-state index contributed by atoms with van der Waals surface area (Å²) in [4.78, 5) is 0.420. The minimum absolute atomic E-state index is 0.0984. The average Bonchev–Trinajstić information content (AvgIpc) is 2.81. The Hall–Kier alpha value is -1.80. The summed E-state index contributed by atoms with van der Waals surface area (Å²) in [6.07, 6.45) is 0. The van der Waals surface area contributed by atoms with Gasteiger partial charge in [0.25, 0.3) is 0 Å². The van der Waals surface area contributed by atoms with Crippen LogP contribution in [0.3, 0.4) is 0 Å². The molecule has 0 unspecified atom stereocenters. The zero-order valence-corrected chi connectivity index (χ0v) is 11.1. The molecule has 0 fully saturated rings. The van der Waals surface area contributed by atoms with Crippen molar-refractivity contribution in [1.29, 1.82) is 0 Å². The predicted molar refractivity (Wildman–Crippen MR) is 66.6 cm³/mol. The number of alkyl halides is 2. The van der Waals surface area contributed by atoms with Gasteiger partial charge in [0.2, 0.25) is 5.88 Å². The Morgan fingerprint density at radius 3 is 2.70 bits per heavy atom. The number of ether oxygens (including phenoxy) is 2.